The van der Waals surface area contributed by atoms with E-state index in [9.17, 15) is 13.6 Å². The molecule has 0 amide bonds. The first-order valence-corrected chi connectivity index (χ1v) is 11.5. The van der Waals surface area contributed by atoms with E-state index in [1.807, 2.05) is 27.7 Å². The van der Waals surface area contributed by atoms with Gasteiger partial charge in [0.05, 0.1) is 23.2 Å². The Morgan fingerprint density at radius 3 is 1.91 bits per heavy atom. The number of aromatic nitrogens is 1. The predicted molar refractivity (Wildman–Crippen MR) is 128 cm³/mol. The smallest absolute Gasteiger partial charge is 0.340 e. The molecule has 6 heteroatoms. The van der Waals surface area contributed by atoms with Crippen LogP contribution in [0.3, 0.4) is 0 Å². The molecule has 174 valence electrons. The van der Waals surface area contributed by atoms with Crippen LogP contribution in [0.25, 0.3) is 11.1 Å². The summed E-state index contributed by atoms with van der Waals surface area (Å²) in [5, 5.41) is -0.718. The van der Waals surface area contributed by atoms with E-state index in [2.05, 4.69) is 0 Å². The van der Waals surface area contributed by atoms with Crippen molar-refractivity contribution in [3.63, 3.8) is 0 Å². The van der Waals surface area contributed by atoms with Crippen LogP contribution in [0.1, 0.15) is 84.7 Å². The van der Waals surface area contributed by atoms with Gasteiger partial charge in [0, 0.05) is 16.8 Å². The molecule has 33 heavy (non-hydrogen) atoms. The molecule has 3 rings (SSSR count). The van der Waals surface area contributed by atoms with Crippen molar-refractivity contribution in [3.05, 3.63) is 88.2 Å². The molecule has 0 fully saturated rings. The largest absolute Gasteiger partial charge is 0.462 e. The van der Waals surface area contributed by atoms with Crippen LogP contribution in [-0.4, -0.2) is 17.6 Å². The zero-order valence-electron chi connectivity index (χ0n) is 19.5. The Hall–Kier alpha value is -2.79. The van der Waals surface area contributed by atoms with Gasteiger partial charge in [0.25, 0.3) is 0 Å². The summed E-state index contributed by atoms with van der Waals surface area (Å²) in [5.41, 5.74) is 4.16. The van der Waals surface area contributed by atoms with Gasteiger partial charge >= 0.3 is 5.97 Å². The van der Waals surface area contributed by atoms with Crippen molar-refractivity contribution in [3.8, 4) is 11.1 Å². The van der Waals surface area contributed by atoms with E-state index in [1.165, 1.54) is 24.3 Å². The topological polar surface area (TPSA) is 39.2 Å². The third-order valence-electron chi connectivity index (χ3n) is 5.41. The maximum atomic E-state index is 13.8. The second-order valence-corrected chi connectivity index (χ2v) is 8.93. The Morgan fingerprint density at radius 2 is 1.42 bits per heavy atom. The highest BCUT2D eigenvalue weighted by Gasteiger charge is 2.31. The number of pyridine rings is 1. The van der Waals surface area contributed by atoms with Crippen LogP contribution in [0.5, 0.6) is 0 Å². The van der Waals surface area contributed by atoms with E-state index in [0.29, 0.717) is 33.5 Å². The predicted octanol–water partition coefficient (Wildman–Crippen LogP) is 7.78. The van der Waals surface area contributed by atoms with Crippen LogP contribution >= 0.6 is 11.6 Å². The van der Waals surface area contributed by atoms with Gasteiger partial charge in [-0.05, 0) is 54.2 Å². The molecule has 0 radical (unpaired) electrons. The normalized spacial score (nSPS) is 12.3. The first-order chi connectivity index (χ1) is 15.6. The Morgan fingerprint density at radius 1 is 0.909 bits per heavy atom. The number of nitrogens with zero attached hydrogens (tertiary/aromatic N) is 1. The van der Waals surface area contributed by atoms with Gasteiger partial charge in [0.1, 0.15) is 11.6 Å². The number of benzene rings is 2. The van der Waals surface area contributed by atoms with Crippen LogP contribution in [0.2, 0.25) is 0 Å². The Labute approximate surface area is 198 Å². The lowest BCUT2D eigenvalue weighted by molar-refractivity contribution is 0.0524. The SMILES string of the molecule is CCOC(=O)c1c(C(C)C)nc(C(C)C)c(C(Cl)c2ccc(F)cc2)c1-c1ccc(F)cc1. The maximum absolute atomic E-state index is 13.8. The highest BCUT2D eigenvalue weighted by Crippen LogP contribution is 2.44. The molecule has 0 saturated carbocycles. The minimum absolute atomic E-state index is 0.0188. The van der Waals surface area contributed by atoms with Gasteiger partial charge in [0.2, 0.25) is 0 Å². The number of rotatable bonds is 7. The van der Waals surface area contributed by atoms with E-state index in [0.717, 1.165) is 5.69 Å². The fraction of sp³-hybridized carbons (Fsp3) is 0.333. The van der Waals surface area contributed by atoms with Gasteiger partial charge in [-0.2, -0.15) is 0 Å². The van der Waals surface area contributed by atoms with Gasteiger partial charge in [-0.25, -0.2) is 13.6 Å². The van der Waals surface area contributed by atoms with Gasteiger partial charge < -0.3 is 4.74 Å². The van der Waals surface area contributed by atoms with Gasteiger partial charge in [-0.15, -0.1) is 11.6 Å². The fourth-order valence-electron chi connectivity index (χ4n) is 3.88. The average molecular weight is 472 g/mol. The molecule has 0 aliphatic heterocycles. The molecule has 0 aliphatic carbocycles. The van der Waals surface area contributed by atoms with E-state index in [4.69, 9.17) is 21.3 Å². The van der Waals surface area contributed by atoms with Gasteiger partial charge in [0.15, 0.2) is 0 Å². The Balaban J connectivity index is 2.46. The summed E-state index contributed by atoms with van der Waals surface area (Å²) in [5.74, 6) is -1.36. The van der Waals surface area contributed by atoms with Crippen molar-refractivity contribution in [1.82, 2.24) is 4.98 Å². The van der Waals surface area contributed by atoms with E-state index >= 15 is 0 Å². The summed E-state index contributed by atoms with van der Waals surface area (Å²) in [6.45, 7) is 9.86. The number of carbonyl (C=O) groups excluding carboxylic acids is 1. The van der Waals surface area contributed by atoms with Crippen LogP contribution in [-0.2, 0) is 4.74 Å². The zero-order valence-corrected chi connectivity index (χ0v) is 20.2. The molecular weight excluding hydrogens is 444 g/mol. The Kier molecular flexibility index (Phi) is 7.85. The Bertz CT molecular complexity index is 1130. The van der Waals surface area contributed by atoms with Crippen molar-refractivity contribution >= 4 is 17.6 Å². The first kappa shape index (κ1) is 24.8. The fourth-order valence-corrected chi connectivity index (χ4v) is 4.24. The summed E-state index contributed by atoms with van der Waals surface area (Å²) in [4.78, 5) is 18.1. The highest BCUT2D eigenvalue weighted by molar-refractivity contribution is 6.23. The number of alkyl halides is 1. The third kappa shape index (κ3) is 5.25. The van der Waals surface area contributed by atoms with Crippen molar-refractivity contribution < 1.29 is 18.3 Å². The van der Waals surface area contributed by atoms with Crippen molar-refractivity contribution in [2.24, 2.45) is 0 Å². The standard InChI is InChI=1S/C27H28ClF2NO2/c1-6-33-27(32)23-21(17-7-11-19(29)12-8-17)22(24(28)18-9-13-20(30)14-10-18)25(15(2)3)31-26(23)16(4)5/h7-16,24H,6H2,1-5H3. The summed E-state index contributed by atoms with van der Waals surface area (Å²) < 4.78 is 32.8. The highest BCUT2D eigenvalue weighted by atomic mass is 35.5. The molecule has 1 aromatic heterocycles. The van der Waals surface area contributed by atoms with Gasteiger partial charge in [-0.3, -0.25) is 4.98 Å². The minimum Gasteiger partial charge on any atom is -0.462 e. The van der Waals surface area contributed by atoms with Crippen LogP contribution in [0.4, 0.5) is 8.78 Å². The van der Waals surface area contributed by atoms with Crippen LogP contribution in [0.15, 0.2) is 48.5 Å². The number of ether oxygens (including phenoxy) is 1. The molecule has 3 nitrogen and oxygen atoms in total. The number of esters is 1. The average Bonchev–Trinajstić information content (AvgIpc) is 2.78. The number of carbonyl (C=O) groups is 1. The molecule has 1 unspecified atom stereocenters. The lowest BCUT2D eigenvalue weighted by Gasteiger charge is -2.26. The summed E-state index contributed by atoms with van der Waals surface area (Å²) >= 11 is 7.02. The quantitative estimate of drug-likeness (QED) is 0.261. The molecular formula is C27H28ClF2NO2. The lowest BCUT2D eigenvalue weighted by atomic mass is 9.84. The summed E-state index contributed by atoms with van der Waals surface area (Å²) in [6, 6.07) is 11.9. The first-order valence-electron chi connectivity index (χ1n) is 11.1. The summed E-state index contributed by atoms with van der Waals surface area (Å²) in [7, 11) is 0. The molecule has 0 spiro atoms. The van der Waals surface area contributed by atoms with E-state index in [1.54, 1.807) is 31.2 Å². The monoisotopic (exact) mass is 471 g/mol. The number of halogens is 3. The molecule has 1 heterocycles. The third-order valence-corrected chi connectivity index (χ3v) is 5.88. The lowest BCUT2D eigenvalue weighted by Crippen LogP contribution is -2.18. The second-order valence-electron chi connectivity index (χ2n) is 8.50. The maximum Gasteiger partial charge on any atom is 0.340 e. The zero-order chi connectivity index (χ0) is 24.3. The van der Waals surface area contributed by atoms with Crippen molar-refractivity contribution in [2.45, 2.75) is 51.8 Å². The molecule has 1 atom stereocenters. The molecule has 2 aromatic carbocycles. The van der Waals surface area contributed by atoms with Crippen LogP contribution in [0, 0.1) is 11.6 Å². The summed E-state index contributed by atoms with van der Waals surface area (Å²) in [6.07, 6.45) is 0. The molecule has 0 aliphatic rings. The van der Waals surface area contributed by atoms with Crippen molar-refractivity contribution in [1.29, 1.82) is 0 Å². The van der Waals surface area contributed by atoms with E-state index < -0.39 is 11.3 Å². The molecule has 0 N–H and O–H groups in total. The molecule has 3 aromatic rings. The number of hydrogen-bond donors (Lipinski definition) is 0. The van der Waals surface area contributed by atoms with Crippen molar-refractivity contribution in [2.75, 3.05) is 6.61 Å². The van der Waals surface area contributed by atoms with Gasteiger partial charge in [-0.1, -0.05) is 52.0 Å². The van der Waals surface area contributed by atoms with Crippen LogP contribution < -0.4 is 0 Å². The molecule has 0 saturated heterocycles. The second kappa shape index (κ2) is 10.4. The number of hydrogen-bond acceptors (Lipinski definition) is 3. The van der Waals surface area contributed by atoms with E-state index in [-0.39, 0.29) is 30.1 Å². The molecule has 0 bridgehead atoms. The minimum atomic E-state index is -0.718.